The average Bonchev–Trinajstić information content (AvgIpc) is 2.95. The molecule has 2 aromatic heterocycles. The Kier molecular flexibility index (Phi) is 2.96. The lowest BCUT2D eigenvalue weighted by molar-refractivity contribution is 0.832. The predicted molar refractivity (Wildman–Crippen MR) is 88.4 cm³/mol. The smallest absolute Gasteiger partial charge is 0.0786 e. The van der Waals surface area contributed by atoms with Crippen LogP contribution in [0.1, 0.15) is 27.3 Å². The Balaban J connectivity index is 2.02. The maximum atomic E-state index is 4.68. The number of aryl methyl sites for hydroxylation is 3. The Morgan fingerprint density at radius 3 is 2.67 bits per heavy atom. The molecule has 4 rings (SSSR count). The normalized spacial score (nSPS) is 13.6. The molecule has 21 heavy (non-hydrogen) atoms. The van der Waals surface area contributed by atoms with Crippen molar-refractivity contribution < 1.29 is 0 Å². The van der Waals surface area contributed by atoms with Gasteiger partial charge in [-0.05, 0) is 56.4 Å². The molecule has 2 heterocycles. The van der Waals surface area contributed by atoms with Gasteiger partial charge in [-0.25, -0.2) is 4.68 Å². The van der Waals surface area contributed by atoms with Crippen LogP contribution in [-0.4, -0.2) is 9.78 Å². The zero-order chi connectivity index (χ0) is 14.4. The maximum Gasteiger partial charge on any atom is 0.0786 e. The van der Waals surface area contributed by atoms with Crippen molar-refractivity contribution in [1.29, 1.82) is 0 Å². The van der Waals surface area contributed by atoms with E-state index < -0.39 is 0 Å². The molecule has 0 radical (unpaired) electrons. The van der Waals surface area contributed by atoms with Gasteiger partial charge in [-0.15, -0.1) is 11.3 Å². The van der Waals surface area contributed by atoms with E-state index in [-0.39, 0.29) is 0 Å². The van der Waals surface area contributed by atoms with Crippen molar-refractivity contribution in [3.8, 4) is 16.9 Å². The third kappa shape index (κ3) is 1.95. The van der Waals surface area contributed by atoms with Gasteiger partial charge in [-0.1, -0.05) is 18.2 Å². The molecule has 2 nitrogen and oxygen atoms in total. The van der Waals surface area contributed by atoms with Crippen molar-refractivity contribution in [3.63, 3.8) is 0 Å². The first-order valence-electron chi connectivity index (χ1n) is 7.47. The predicted octanol–water partition coefficient (Wildman–Crippen LogP) is 4.71. The van der Waals surface area contributed by atoms with Crippen LogP contribution in [0, 0.1) is 13.8 Å². The molecule has 1 aliphatic carbocycles. The van der Waals surface area contributed by atoms with Gasteiger partial charge in [0, 0.05) is 15.3 Å². The minimum absolute atomic E-state index is 1.13. The molecule has 0 unspecified atom stereocenters. The molecule has 0 N–H and O–H groups in total. The SMILES string of the molecule is Cc1sc(C)c2c1CCCc1cnn(-c3ccccc3)c1-2. The van der Waals surface area contributed by atoms with E-state index in [4.69, 9.17) is 0 Å². The van der Waals surface area contributed by atoms with E-state index in [0.717, 1.165) is 12.1 Å². The largest absolute Gasteiger partial charge is 0.233 e. The minimum atomic E-state index is 1.13. The molecule has 0 atom stereocenters. The van der Waals surface area contributed by atoms with Gasteiger partial charge >= 0.3 is 0 Å². The lowest BCUT2D eigenvalue weighted by Gasteiger charge is -2.10. The molecule has 0 aliphatic heterocycles. The van der Waals surface area contributed by atoms with Crippen LogP contribution in [0.3, 0.4) is 0 Å². The number of thiophene rings is 1. The highest BCUT2D eigenvalue weighted by Gasteiger charge is 2.24. The molecule has 3 aromatic rings. The number of hydrogen-bond acceptors (Lipinski definition) is 2. The topological polar surface area (TPSA) is 17.8 Å². The Morgan fingerprint density at radius 1 is 1.05 bits per heavy atom. The monoisotopic (exact) mass is 294 g/mol. The number of fused-ring (bicyclic) bond motifs is 3. The first-order chi connectivity index (χ1) is 10.3. The van der Waals surface area contributed by atoms with Gasteiger partial charge in [0.1, 0.15) is 0 Å². The third-order valence-corrected chi connectivity index (χ3v) is 5.40. The van der Waals surface area contributed by atoms with Crippen LogP contribution in [0.2, 0.25) is 0 Å². The lowest BCUT2D eigenvalue weighted by atomic mass is 10.0. The fourth-order valence-electron chi connectivity index (χ4n) is 3.39. The van der Waals surface area contributed by atoms with Crippen LogP contribution in [0.15, 0.2) is 36.5 Å². The molecule has 3 heteroatoms. The Labute approximate surface area is 129 Å². The molecule has 0 amide bonds. The van der Waals surface area contributed by atoms with Gasteiger partial charge in [0.2, 0.25) is 0 Å². The summed E-state index contributed by atoms with van der Waals surface area (Å²) in [6.07, 6.45) is 5.59. The molecular formula is C18H18N2S. The quantitative estimate of drug-likeness (QED) is 0.635. The first-order valence-corrected chi connectivity index (χ1v) is 8.29. The van der Waals surface area contributed by atoms with Crippen LogP contribution in [0.4, 0.5) is 0 Å². The summed E-state index contributed by atoms with van der Waals surface area (Å²) in [6.45, 7) is 4.50. The second-order valence-electron chi connectivity index (χ2n) is 5.69. The molecule has 0 bridgehead atoms. The number of nitrogens with zero attached hydrogens (tertiary/aromatic N) is 2. The van der Waals surface area contributed by atoms with Crippen molar-refractivity contribution in [3.05, 3.63) is 57.4 Å². The van der Waals surface area contributed by atoms with E-state index in [2.05, 4.69) is 60.2 Å². The van der Waals surface area contributed by atoms with E-state index >= 15 is 0 Å². The minimum Gasteiger partial charge on any atom is -0.233 e. The van der Waals surface area contributed by atoms with Crippen LogP contribution < -0.4 is 0 Å². The summed E-state index contributed by atoms with van der Waals surface area (Å²) in [5.74, 6) is 0. The molecule has 0 fully saturated rings. The van der Waals surface area contributed by atoms with Crippen molar-refractivity contribution in [1.82, 2.24) is 9.78 Å². The molecule has 1 aromatic carbocycles. The third-order valence-electron chi connectivity index (χ3n) is 4.34. The van der Waals surface area contributed by atoms with E-state index in [1.807, 2.05) is 11.3 Å². The zero-order valence-electron chi connectivity index (χ0n) is 12.4. The van der Waals surface area contributed by atoms with Crippen LogP contribution in [-0.2, 0) is 12.8 Å². The Morgan fingerprint density at radius 2 is 1.86 bits per heavy atom. The summed E-state index contributed by atoms with van der Waals surface area (Å²) in [5.41, 5.74) is 6.82. The van der Waals surface area contributed by atoms with Crippen LogP contribution in [0.5, 0.6) is 0 Å². The number of para-hydroxylation sites is 1. The second-order valence-corrected chi connectivity index (χ2v) is 7.12. The van der Waals surface area contributed by atoms with E-state index in [9.17, 15) is 0 Å². The Hall–Kier alpha value is -1.87. The standard InChI is InChI=1S/C18H18N2S/c1-12-16-10-6-7-14-11-19-20(15-8-4-3-5-9-15)18(14)17(16)13(2)21-12/h3-5,8-9,11H,6-7,10H2,1-2H3. The lowest BCUT2D eigenvalue weighted by Crippen LogP contribution is -2.00. The highest BCUT2D eigenvalue weighted by atomic mass is 32.1. The van der Waals surface area contributed by atoms with Crippen LogP contribution in [0.25, 0.3) is 16.9 Å². The van der Waals surface area contributed by atoms with Crippen molar-refractivity contribution in [2.24, 2.45) is 0 Å². The van der Waals surface area contributed by atoms with Gasteiger partial charge in [0.25, 0.3) is 0 Å². The van der Waals surface area contributed by atoms with Crippen LogP contribution >= 0.6 is 11.3 Å². The fourth-order valence-corrected chi connectivity index (χ4v) is 4.50. The highest BCUT2D eigenvalue weighted by Crippen LogP contribution is 2.41. The molecule has 106 valence electrons. The van der Waals surface area contributed by atoms with Gasteiger partial charge in [0.15, 0.2) is 0 Å². The first kappa shape index (κ1) is 12.8. The number of hydrogen-bond donors (Lipinski definition) is 0. The zero-order valence-corrected chi connectivity index (χ0v) is 13.2. The molecule has 0 spiro atoms. The summed E-state index contributed by atoms with van der Waals surface area (Å²) in [7, 11) is 0. The van der Waals surface area contributed by atoms with Gasteiger partial charge in [-0.3, -0.25) is 0 Å². The maximum absolute atomic E-state index is 4.68. The molecule has 0 saturated heterocycles. The summed E-state index contributed by atoms with van der Waals surface area (Å²) in [5, 5.41) is 4.68. The van der Waals surface area contributed by atoms with Gasteiger partial charge in [0.05, 0.1) is 17.6 Å². The summed E-state index contributed by atoms with van der Waals surface area (Å²) >= 11 is 1.92. The van der Waals surface area contributed by atoms with E-state index in [1.165, 1.54) is 45.0 Å². The van der Waals surface area contributed by atoms with Crippen molar-refractivity contribution in [2.45, 2.75) is 33.1 Å². The second kappa shape index (κ2) is 4.85. The van der Waals surface area contributed by atoms with E-state index in [1.54, 1.807) is 0 Å². The Bertz CT molecular complexity index is 796. The average molecular weight is 294 g/mol. The van der Waals surface area contributed by atoms with Crippen molar-refractivity contribution >= 4 is 11.3 Å². The molecule has 1 aliphatic rings. The molecular weight excluding hydrogens is 276 g/mol. The molecule has 0 saturated carbocycles. The highest BCUT2D eigenvalue weighted by molar-refractivity contribution is 7.12. The van der Waals surface area contributed by atoms with E-state index in [0.29, 0.717) is 0 Å². The number of rotatable bonds is 1. The summed E-state index contributed by atoms with van der Waals surface area (Å²) in [4.78, 5) is 2.89. The fraction of sp³-hybridized carbons (Fsp3) is 0.278. The van der Waals surface area contributed by atoms with Crippen molar-refractivity contribution in [2.75, 3.05) is 0 Å². The number of benzene rings is 1. The number of aromatic nitrogens is 2. The summed E-state index contributed by atoms with van der Waals surface area (Å²) < 4.78 is 2.12. The summed E-state index contributed by atoms with van der Waals surface area (Å²) in [6, 6.07) is 10.5. The van der Waals surface area contributed by atoms with Gasteiger partial charge < -0.3 is 0 Å². The van der Waals surface area contributed by atoms with Gasteiger partial charge in [-0.2, -0.15) is 5.10 Å².